The van der Waals surface area contributed by atoms with Gasteiger partial charge < -0.3 is 14.6 Å². The van der Waals surface area contributed by atoms with E-state index in [-0.39, 0.29) is 5.91 Å². The number of hydrogen-bond donors (Lipinski definition) is 1. The van der Waals surface area contributed by atoms with Crippen molar-refractivity contribution in [3.8, 4) is 5.75 Å². The Labute approximate surface area is 203 Å². The summed E-state index contributed by atoms with van der Waals surface area (Å²) < 4.78 is 8.04. The van der Waals surface area contributed by atoms with Gasteiger partial charge in [0.2, 0.25) is 5.91 Å². The predicted molar refractivity (Wildman–Crippen MR) is 133 cm³/mol. The fourth-order valence-corrected chi connectivity index (χ4v) is 4.01. The Balaban J connectivity index is 1.34. The number of nitrogens with zero attached hydrogens (tertiary/aromatic N) is 2. The molecule has 4 aromatic rings. The van der Waals surface area contributed by atoms with Gasteiger partial charge >= 0.3 is 0 Å². The normalized spacial score (nSPS) is 11.0. The van der Waals surface area contributed by atoms with Crippen LogP contribution in [0.4, 0.5) is 0 Å². The maximum Gasteiger partial charge on any atom is 0.224 e. The fourth-order valence-electron chi connectivity index (χ4n) is 3.70. The first-order valence-electron chi connectivity index (χ1n) is 10.9. The van der Waals surface area contributed by atoms with Crippen LogP contribution < -0.4 is 10.1 Å². The van der Waals surface area contributed by atoms with Crippen LogP contribution in [0, 0.1) is 0 Å². The number of benzene rings is 3. The van der Waals surface area contributed by atoms with Crippen LogP contribution in [0.15, 0.2) is 72.8 Å². The SMILES string of the molecule is O=C(Cc1ccc(Cl)cc1)NCCc1nc2ccccc2n1CCCOc1ccccc1Cl. The fraction of sp³-hybridized carbons (Fsp3) is 0.231. The Morgan fingerprint density at radius 1 is 0.970 bits per heavy atom. The molecular formula is C26H25Cl2N3O2. The van der Waals surface area contributed by atoms with Crippen LogP contribution in [0.25, 0.3) is 11.0 Å². The summed E-state index contributed by atoms with van der Waals surface area (Å²) in [5.41, 5.74) is 2.97. The summed E-state index contributed by atoms with van der Waals surface area (Å²) in [5, 5.41) is 4.27. The zero-order chi connectivity index (χ0) is 23.0. The molecule has 3 aromatic carbocycles. The summed E-state index contributed by atoms with van der Waals surface area (Å²) in [5.74, 6) is 1.62. The Morgan fingerprint density at radius 3 is 2.55 bits per heavy atom. The highest BCUT2D eigenvalue weighted by Crippen LogP contribution is 2.23. The first-order valence-corrected chi connectivity index (χ1v) is 11.7. The van der Waals surface area contributed by atoms with Crippen LogP contribution in [-0.4, -0.2) is 28.6 Å². The number of ether oxygens (including phenoxy) is 1. The average molecular weight is 482 g/mol. The van der Waals surface area contributed by atoms with E-state index in [1.54, 1.807) is 12.1 Å². The summed E-state index contributed by atoms with van der Waals surface area (Å²) >= 11 is 12.1. The molecule has 4 rings (SSSR count). The van der Waals surface area contributed by atoms with Crippen molar-refractivity contribution in [2.75, 3.05) is 13.2 Å². The van der Waals surface area contributed by atoms with Crippen molar-refractivity contribution < 1.29 is 9.53 Å². The smallest absolute Gasteiger partial charge is 0.224 e. The molecule has 0 radical (unpaired) electrons. The largest absolute Gasteiger partial charge is 0.492 e. The van der Waals surface area contributed by atoms with Gasteiger partial charge in [-0.25, -0.2) is 4.98 Å². The van der Waals surface area contributed by atoms with E-state index in [0.717, 1.165) is 35.4 Å². The summed E-state index contributed by atoms with van der Waals surface area (Å²) in [7, 11) is 0. The standard InChI is InChI=1S/C26H25Cl2N3O2/c27-20-12-10-19(11-13-20)18-26(32)29-15-14-25-30-22-7-2-3-8-23(22)31(25)16-5-17-33-24-9-4-1-6-21(24)28/h1-4,6-13H,5,14-18H2,(H,29,32). The molecule has 1 N–H and O–H groups in total. The number of nitrogens with one attached hydrogen (secondary N) is 1. The maximum atomic E-state index is 12.3. The average Bonchev–Trinajstić information content (AvgIpc) is 3.16. The van der Waals surface area contributed by atoms with Crippen molar-refractivity contribution in [2.45, 2.75) is 25.8 Å². The van der Waals surface area contributed by atoms with Crippen LogP contribution in [0.3, 0.4) is 0 Å². The zero-order valence-electron chi connectivity index (χ0n) is 18.1. The molecule has 0 aliphatic carbocycles. The minimum absolute atomic E-state index is 0.0203. The third-order valence-corrected chi connectivity index (χ3v) is 5.87. The van der Waals surface area contributed by atoms with Gasteiger partial charge in [0.25, 0.3) is 0 Å². The number of imidazole rings is 1. The molecule has 1 amide bonds. The number of fused-ring (bicyclic) bond motifs is 1. The summed E-state index contributed by atoms with van der Waals surface area (Å²) in [6.45, 7) is 1.83. The van der Waals surface area contributed by atoms with Crippen LogP contribution in [-0.2, 0) is 24.2 Å². The monoisotopic (exact) mass is 481 g/mol. The van der Waals surface area contributed by atoms with Crippen molar-refractivity contribution in [2.24, 2.45) is 0 Å². The molecule has 7 heteroatoms. The van der Waals surface area contributed by atoms with Gasteiger partial charge in [-0.05, 0) is 48.4 Å². The number of carbonyl (C=O) groups is 1. The number of amides is 1. The Bertz CT molecular complexity index is 1220. The molecule has 170 valence electrons. The molecule has 0 unspecified atom stereocenters. The molecular weight excluding hydrogens is 457 g/mol. The second-order valence-corrected chi connectivity index (χ2v) is 8.55. The molecule has 0 saturated heterocycles. The lowest BCUT2D eigenvalue weighted by Crippen LogP contribution is -2.28. The summed E-state index contributed by atoms with van der Waals surface area (Å²) in [6, 6.07) is 22.9. The van der Waals surface area contributed by atoms with Gasteiger partial charge in [0, 0.05) is 24.5 Å². The molecule has 5 nitrogen and oxygen atoms in total. The zero-order valence-corrected chi connectivity index (χ0v) is 19.6. The molecule has 0 saturated carbocycles. The van der Waals surface area contributed by atoms with E-state index < -0.39 is 0 Å². The number of carbonyl (C=O) groups excluding carboxylic acids is 1. The Hall–Kier alpha value is -3.02. The van der Waals surface area contributed by atoms with Crippen LogP contribution in [0.2, 0.25) is 10.0 Å². The third-order valence-electron chi connectivity index (χ3n) is 5.30. The molecule has 0 aliphatic rings. The number of halogens is 2. The number of rotatable bonds is 10. The number of para-hydroxylation sites is 3. The summed E-state index contributed by atoms with van der Waals surface area (Å²) in [4.78, 5) is 17.1. The van der Waals surface area contributed by atoms with E-state index in [1.165, 1.54) is 0 Å². The molecule has 1 aromatic heterocycles. The molecule has 33 heavy (non-hydrogen) atoms. The van der Waals surface area contributed by atoms with Crippen LogP contribution in [0.5, 0.6) is 5.75 Å². The Kier molecular flexibility index (Phi) is 7.87. The first-order chi connectivity index (χ1) is 16.1. The number of aryl methyl sites for hydroxylation is 1. The first kappa shape index (κ1) is 23.1. The lowest BCUT2D eigenvalue weighted by Gasteiger charge is -2.11. The molecule has 0 aliphatic heterocycles. The lowest BCUT2D eigenvalue weighted by atomic mass is 10.1. The summed E-state index contributed by atoms with van der Waals surface area (Å²) in [6.07, 6.45) is 1.78. The topological polar surface area (TPSA) is 56.2 Å². The maximum absolute atomic E-state index is 12.3. The van der Waals surface area contributed by atoms with Crippen molar-refractivity contribution in [1.82, 2.24) is 14.9 Å². The van der Waals surface area contributed by atoms with Crippen LogP contribution in [0.1, 0.15) is 17.8 Å². The Morgan fingerprint density at radius 2 is 1.73 bits per heavy atom. The van der Waals surface area contributed by atoms with Gasteiger partial charge in [0.05, 0.1) is 29.1 Å². The lowest BCUT2D eigenvalue weighted by molar-refractivity contribution is -0.120. The molecule has 0 bridgehead atoms. The van der Waals surface area contributed by atoms with Crippen molar-refractivity contribution in [3.05, 3.63) is 94.2 Å². The van der Waals surface area contributed by atoms with E-state index in [0.29, 0.717) is 41.8 Å². The number of aromatic nitrogens is 2. The third kappa shape index (κ3) is 6.28. The highest BCUT2D eigenvalue weighted by molar-refractivity contribution is 6.32. The van der Waals surface area contributed by atoms with Crippen molar-refractivity contribution in [1.29, 1.82) is 0 Å². The number of hydrogen-bond acceptors (Lipinski definition) is 3. The van der Waals surface area contributed by atoms with Gasteiger partial charge in [-0.1, -0.05) is 59.6 Å². The van der Waals surface area contributed by atoms with E-state index in [1.807, 2.05) is 54.6 Å². The molecule has 1 heterocycles. The molecule has 0 spiro atoms. The highest BCUT2D eigenvalue weighted by atomic mass is 35.5. The van der Waals surface area contributed by atoms with Gasteiger partial charge in [-0.2, -0.15) is 0 Å². The van der Waals surface area contributed by atoms with Gasteiger partial charge in [-0.15, -0.1) is 0 Å². The van der Waals surface area contributed by atoms with Gasteiger partial charge in [0.1, 0.15) is 11.6 Å². The highest BCUT2D eigenvalue weighted by Gasteiger charge is 2.11. The van der Waals surface area contributed by atoms with E-state index in [9.17, 15) is 4.79 Å². The van der Waals surface area contributed by atoms with Crippen molar-refractivity contribution >= 4 is 40.1 Å². The van der Waals surface area contributed by atoms with Gasteiger partial charge in [0.15, 0.2) is 0 Å². The van der Waals surface area contributed by atoms with Crippen LogP contribution >= 0.6 is 23.2 Å². The van der Waals surface area contributed by atoms with E-state index >= 15 is 0 Å². The predicted octanol–water partition coefficient (Wildman–Crippen LogP) is 5.71. The molecule has 0 atom stereocenters. The molecule has 0 fully saturated rings. The second-order valence-electron chi connectivity index (χ2n) is 7.70. The van der Waals surface area contributed by atoms with Crippen molar-refractivity contribution in [3.63, 3.8) is 0 Å². The minimum Gasteiger partial charge on any atom is -0.492 e. The van der Waals surface area contributed by atoms with E-state index in [4.69, 9.17) is 32.9 Å². The second kappa shape index (κ2) is 11.2. The quantitative estimate of drug-likeness (QED) is 0.295. The minimum atomic E-state index is -0.0203. The van der Waals surface area contributed by atoms with E-state index in [2.05, 4.69) is 16.0 Å². The van der Waals surface area contributed by atoms with Gasteiger partial charge in [-0.3, -0.25) is 4.79 Å².